The minimum absolute atomic E-state index is 0.244. The minimum Gasteiger partial charge on any atom is -0.361 e. The van der Waals surface area contributed by atoms with Crippen LogP contribution >= 0.6 is 11.6 Å². The molecule has 0 fully saturated rings. The average Bonchev–Trinajstić information content (AvgIpc) is 2.47. The number of nitrogens with two attached hydrogens (primary N) is 1. The van der Waals surface area contributed by atoms with E-state index in [1.807, 2.05) is 11.8 Å². The zero-order chi connectivity index (χ0) is 15.4. The monoisotopic (exact) mass is 310 g/mol. The molecule has 2 rings (SSSR count). The van der Waals surface area contributed by atoms with Crippen molar-refractivity contribution < 1.29 is 8.78 Å². The number of anilines is 1. The number of benzene rings is 2. The van der Waals surface area contributed by atoms with Crippen molar-refractivity contribution in [3.63, 3.8) is 0 Å². The number of para-hydroxylation sites is 1. The number of hydrogen-bond donors (Lipinski definition) is 1. The van der Waals surface area contributed by atoms with Crippen LogP contribution in [0, 0.1) is 11.6 Å². The first kappa shape index (κ1) is 15.7. The van der Waals surface area contributed by atoms with Gasteiger partial charge in [-0.25, -0.2) is 8.78 Å². The third-order valence-electron chi connectivity index (χ3n) is 3.42. The van der Waals surface area contributed by atoms with E-state index >= 15 is 0 Å². The molecule has 0 saturated heterocycles. The van der Waals surface area contributed by atoms with Crippen LogP contribution in [-0.2, 0) is 0 Å². The lowest BCUT2D eigenvalue weighted by atomic mass is 10.0. The third-order valence-corrected chi connectivity index (χ3v) is 3.75. The Kier molecular flexibility index (Phi) is 5.15. The topological polar surface area (TPSA) is 29.3 Å². The van der Waals surface area contributed by atoms with Crippen molar-refractivity contribution in [2.75, 3.05) is 18.0 Å². The Morgan fingerprint density at radius 1 is 1.19 bits per heavy atom. The molecule has 0 amide bonds. The van der Waals surface area contributed by atoms with Gasteiger partial charge in [0.05, 0.1) is 11.7 Å². The van der Waals surface area contributed by atoms with Gasteiger partial charge in [-0.3, -0.25) is 0 Å². The highest BCUT2D eigenvalue weighted by molar-refractivity contribution is 6.31. The van der Waals surface area contributed by atoms with E-state index in [-0.39, 0.29) is 18.4 Å². The summed E-state index contributed by atoms with van der Waals surface area (Å²) in [6.07, 6.45) is 0. The van der Waals surface area contributed by atoms with Gasteiger partial charge in [0.25, 0.3) is 0 Å². The lowest BCUT2D eigenvalue weighted by Gasteiger charge is -2.33. The van der Waals surface area contributed by atoms with Crippen LogP contribution in [0.4, 0.5) is 14.5 Å². The quantitative estimate of drug-likeness (QED) is 0.899. The third kappa shape index (κ3) is 3.34. The maximum atomic E-state index is 14.0. The van der Waals surface area contributed by atoms with Crippen molar-refractivity contribution in [3.05, 3.63) is 64.7 Å². The molecule has 0 saturated carbocycles. The molecule has 21 heavy (non-hydrogen) atoms. The number of halogens is 3. The fourth-order valence-electron chi connectivity index (χ4n) is 2.44. The van der Waals surface area contributed by atoms with E-state index in [4.69, 9.17) is 17.3 Å². The van der Waals surface area contributed by atoms with Crippen molar-refractivity contribution in [3.8, 4) is 0 Å². The van der Waals surface area contributed by atoms with Crippen molar-refractivity contribution in [1.82, 2.24) is 0 Å². The molecule has 0 aliphatic rings. The van der Waals surface area contributed by atoms with Gasteiger partial charge >= 0.3 is 0 Å². The average molecular weight is 311 g/mol. The summed E-state index contributed by atoms with van der Waals surface area (Å²) >= 11 is 6.12. The van der Waals surface area contributed by atoms with E-state index in [2.05, 4.69) is 0 Å². The molecule has 1 atom stereocenters. The van der Waals surface area contributed by atoms with Gasteiger partial charge in [0, 0.05) is 18.1 Å². The summed E-state index contributed by atoms with van der Waals surface area (Å²) in [6.45, 7) is 2.70. The van der Waals surface area contributed by atoms with Gasteiger partial charge in [-0.05, 0) is 36.8 Å². The predicted octanol–water partition coefficient (Wildman–Crippen LogP) is 4.14. The summed E-state index contributed by atoms with van der Waals surface area (Å²) in [4.78, 5) is 1.83. The van der Waals surface area contributed by atoms with Crippen LogP contribution < -0.4 is 10.6 Å². The Morgan fingerprint density at radius 3 is 2.48 bits per heavy atom. The molecule has 2 nitrogen and oxygen atoms in total. The minimum atomic E-state index is -0.409. The van der Waals surface area contributed by atoms with Crippen molar-refractivity contribution in [1.29, 1.82) is 0 Å². The Hall–Kier alpha value is -1.65. The van der Waals surface area contributed by atoms with E-state index in [1.165, 1.54) is 18.2 Å². The smallest absolute Gasteiger partial charge is 0.146 e. The first-order chi connectivity index (χ1) is 10.1. The summed E-state index contributed by atoms with van der Waals surface area (Å²) in [5.41, 5.74) is 7.00. The highest BCUT2D eigenvalue weighted by Crippen LogP contribution is 2.32. The normalized spacial score (nSPS) is 12.2. The number of hydrogen-bond acceptors (Lipinski definition) is 2. The van der Waals surface area contributed by atoms with Crippen LogP contribution in [-0.4, -0.2) is 13.1 Å². The molecule has 112 valence electrons. The second-order valence-corrected chi connectivity index (χ2v) is 5.06. The molecule has 0 spiro atoms. The Bertz CT molecular complexity index is 619. The Balaban J connectivity index is 2.45. The van der Waals surface area contributed by atoms with Crippen molar-refractivity contribution >= 4 is 17.3 Å². The SMILES string of the molecule is CCN(c1ccccc1F)C(CN)c1ccc(F)cc1Cl. The summed E-state index contributed by atoms with van der Waals surface area (Å²) < 4.78 is 27.2. The van der Waals surface area contributed by atoms with Gasteiger partial charge in [0.1, 0.15) is 11.6 Å². The van der Waals surface area contributed by atoms with E-state index in [0.717, 1.165) is 0 Å². The van der Waals surface area contributed by atoms with Gasteiger partial charge < -0.3 is 10.6 Å². The van der Waals surface area contributed by atoms with Gasteiger partial charge in [-0.1, -0.05) is 29.8 Å². The maximum Gasteiger partial charge on any atom is 0.146 e. The van der Waals surface area contributed by atoms with E-state index < -0.39 is 5.82 Å². The fraction of sp³-hybridized carbons (Fsp3) is 0.250. The van der Waals surface area contributed by atoms with Gasteiger partial charge in [0.15, 0.2) is 0 Å². The molecule has 0 aromatic heterocycles. The van der Waals surface area contributed by atoms with Crippen LogP contribution in [0.3, 0.4) is 0 Å². The van der Waals surface area contributed by atoms with Gasteiger partial charge in [-0.2, -0.15) is 0 Å². The van der Waals surface area contributed by atoms with Crippen LogP contribution in [0.1, 0.15) is 18.5 Å². The second kappa shape index (κ2) is 6.87. The standard InChI is InChI=1S/C16H17ClF2N2/c1-2-21(15-6-4-3-5-14(15)19)16(10-20)12-8-7-11(18)9-13(12)17/h3-9,16H,2,10,20H2,1H3. The molecular weight excluding hydrogens is 294 g/mol. The Morgan fingerprint density at radius 2 is 1.90 bits per heavy atom. The zero-order valence-corrected chi connectivity index (χ0v) is 12.4. The fourth-order valence-corrected chi connectivity index (χ4v) is 2.73. The number of rotatable bonds is 5. The predicted molar refractivity (Wildman–Crippen MR) is 82.6 cm³/mol. The van der Waals surface area contributed by atoms with E-state index in [9.17, 15) is 8.78 Å². The summed E-state index contributed by atoms with van der Waals surface area (Å²) in [7, 11) is 0. The summed E-state index contributed by atoms with van der Waals surface area (Å²) in [5.74, 6) is -0.732. The van der Waals surface area contributed by atoms with Gasteiger partial charge in [0.2, 0.25) is 0 Å². The van der Waals surface area contributed by atoms with Crippen LogP contribution in [0.5, 0.6) is 0 Å². The molecule has 0 aliphatic heterocycles. The van der Waals surface area contributed by atoms with E-state index in [1.54, 1.807) is 24.3 Å². The summed E-state index contributed by atoms with van der Waals surface area (Å²) in [5, 5.41) is 0.292. The number of likely N-dealkylation sites (N-methyl/N-ethyl adjacent to an activating group) is 1. The van der Waals surface area contributed by atoms with Crippen LogP contribution in [0.25, 0.3) is 0 Å². The van der Waals surface area contributed by atoms with Crippen molar-refractivity contribution in [2.24, 2.45) is 5.73 Å². The molecule has 2 aromatic carbocycles. The molecule has 0 aliphatic carbocycles. The molecule has 2 aromatic rings. The lowest BCUT2D eigenvalue weighted by Crippen LogP contribution is -2.34. The Labute approximate surface area is 128 Å². The largest absolute Gasteiger partial charge is 0.361 e. The number of nitrogens with zero attached hydrogens (tertiary/aromatic N) is 1. The first-order valence-electron chi connectivity index (χ1n) is 6.74. The molecule has 0 radical (unpaired) electrons. The van der Waals surface area contributed by atoms with Crippen molar-refractivity contribution in [2.45, 2.75) is 13.0 Å². The zero-order valence-electron chi connectivity index (χ0n) is 11.7. The molecule has 1 unspecified atom stereocenters. The molecular formula is C16H17ClF2N2. The lowest BCUT2D eigenvalue weighted by molar-refractivity contribution is 0.586. The molecule has 0 bridgehead atoms. The van der Waals surface area contributed by atoms with Crippen LogP contribution in [0.15, 0.2) is 42.5 Å². The maximum absolute atomic E-state index is 14.0. The van der Waals surface area contributed by atoms with Gasteiger partial charge in [-0.15, -0.1) is 0 Å². The van der Waals surface area contributed by atoms with E-state index in [0.29, 0.717) is 22.8 Å². The highest BCUT2D eigenvalue weighted by Gasteiger charge is 2.22. The molecule has 0 heterocycles. The molecule has 5 heteroatoms. The molecule has 2 N–H and O–H groups in total. The summed E-state index contributed by atoms with van der Waals surface area (Å²) in [6, 6.07) is 10.3. The first-order valence-corrected chi connectivity index (χ1v) is 7.12. The van der Waals surface area contributed by atoms with Crippen LogP contribution in [0.2, 0.25) is 5.02 Å². The highest BCUT2D eigenvalue weighted by atomic mass is 35.5. The second-order valence-electron chi connectivity index (χ2n) is 4.65.